The number of nitrogens with two attached hydrogens (primary N) is 1. The lowest BCUT2D eigenvalue weighted by molar-refractivity contribution is -0.384. The quantitative estimate of drug-likeness (QED) is 0.173. The topological polar surface area (TPSA) is 124 Å². The molecule has 3 N–H and O–H groups in total. The summed E-state index contributed by atoms with van der Waals surface area (Å²) in [6, 6.07) is 16.6. The number of fused-ring (bicyclic) bond motifs is 2. The Morgan fingerprint density at radius 2 is 1.63 bits per heavy atom. The molecule has 8 heteroatoms. The summed E-state index contributed by atoms with van der Waals surface area (Å²) in [6.07, 6.45) is 0. The summed E-state index contributed by atoms with van der Waals surface area (Å²) in [5, 5.41) is 18.9. The lowest BCUT2D eigenvalue weighted by Crippen LogP contribution is -1.97. The van der Waals surface area contributed by atoms with Crippen LogP contribution in [0.2, 0.25) is 0 Å². The molecule has 3 aromatic carbocycles. The molecule has 0 amide bonds. The van der Waals surface area contributed by atoms with Crippen molar-refractivity contribution >= 4 is 50.2 Å². The van der Waals surface area contributed by atoms with Gasteiger partial charge >= 0.3 is 0 Å². The van der Waals surface area contributed by atoms with E-state index in [0.29, 0.717) is 16.7 Å². The molecular weight excluding hydrogens is 346 g/mol. The van der Waals surface area contributed by atoms with Gasteiger partial charge in [0.25, 0.3) is 5.69 Å². The van der Waals surface area contributed by atoms with E-state index in [-0.39, 0.29) is 11.4 Å². The molecule has 0 spiro atoms. The van der Waals surface area contributed by atoms with Crippen molar-refractivity contribution in [1.82, 2.24) is 4.98 Å². The van der Waals surface area contributed by atoms with E-state index in [0.717, 1.165) is 22.1 Å². The number of hydrogen-bond acceptors (Lipinski definition) is 7. The van der Waals surface area contributed by atoms with E-state index in [4.69, 9.17) is 5.73 Å². The van der Waals surface area contributed by atoms with E-state index in [1.807, 2.05) is 12.1 Å². The van der Waals surface area contributed by atoms with E-state index in [2.05, 4.69) is 15.5 Å². The Morgan fingerprint density at radius 1 is 0.963 bits per heavy atom. The number of anilines is 3. The third kappa shape index (κ3) is 2.99. The highest BCUT2D eigenvalue weighted by Crippen LogP contribution is 2.36. The molecule has 0 radical (unpaired) electrons. The maximum atomic E-state index is 11.1. The number of aromatic nitrogens is 1. The van der Waals surface area contributed by atoms with Crippen LogP contribution in [0.25, 0.3) is 21.8 Å². The molecule has 0 saturated carbocycles. The number of nitrogens with zero attached hydrogens (tertiary/aromatic N) is 3. The van der Waals surface area contributed by atoms with Gasteiger partial charge in [0.15, 0.2) is 0 Å². The van der Waals surface area contributed by atoms with Crippen LogP contribution < -0.4 is 11.1 Å². The molecular formula is C19H13N5O3. The van der Waals surface area contributed by atoms with Crippen LogP contribution in [-0.2, 0) is 0 Å². The van der Waals surface area contributed by atoms with Crippen molar-refractivity contribution in [3.63, 3.8) is 0 Å². The Balaban J connectivity index is 1.99. The van der Waals surface area contributed by atoms with Crippen molar-refractivity contribution in [2.24, 2.45) is 5.18 Å². The van der Waals surface area contributed by atoms with Crippen LogP contribution in [0.1, 0.15) is 0 Å². The predicted octanol–water partition coefficient (Wildman–Crippen LogP) is 5.02. The number of benzene rings is 3. The second kappa shape index (κ2) is 6.34. The van der Waals surface area contributed by atoms with Crippen molar-refractivity contribution in [2.75, 3.05) is 11.1 Å². The highest BCUT2D eigenvalue weighted by molar-refractivity contribution is 6.09. The first-order chi connectivity index (χ1) is 13.0. The lowest BCUT2D eigenvalue weighted by Gasteiger charge is -2.13. The molecule has 0 aliphatic rings. The standard InChI is InChI=1S/C19H13N5O3/c20-11-1-3-12(4-2-11)21-19-15-7-5-13(23-25)9-17(15)22-18-10-14(24(26)27)6-8-16(18)19/h1-10H,20H2,(H,21,22). The Morgan fingerprint density at radius 3 is 2.30 bits per heavy atom. The number of nitro benzene ring substituents is 1. The van der Waals surface area contributed by atoms with E-state index in [9.17, 15) is 15.0 Å². The molecule has 27 heavy (non-hydrogen) atoms. The predicted molar refractivity (Wildman–Crippen MR) is 105 cm³/mol. The van der Waals surface area contributed by atoms with Crippen molar-refractivity contribution in [1.29, 1.82) is 0 Å². The van der Waals surface area contributed by atoms with Crippen LogP contribution in [0.15, 0.2) is 65.8 Å². The highest BCUT2D eigenvalue weighted by Gasteiger charge is 2.14. The van der Waals surface area contributed by atoms with Gasteiger partial charge in [0.2, 0.25) is 0 Å². The van der Waals surface area contributed by atoms with E-state index < -0.39 is 4.92 Å². The van der Waals surface area contributed by atoms with Crippen LogP contribution in [-0.4, -0.2) is 9.91 Å². The summed E-state index contributed by atoms with van der Waals surface area (Å²) in [7, 11) is 0. The highest BCUT2D eigenvalue weighted by atomic mass is 16.6. The van der Waals surface area contributed by atoms with Gasteiger partial charge in [-0.25, -0.2) is 4.98 Å². The van der Waals surface area contributed by atoms with Gasteiger partial charge in [0, 0.05) is 34.3 Å². The second-order valence-corrected chi connectivity index (χ2v) is 5.99. The van der Waals surface area contributed by atoms with Gasteiger partial charge in [-0.3, -0.25) is 10.1 Å². The zero-order valence-corrected chi connectivity index (χ0v) is 13.9. The van der Waals surface area contributed by atoms with Gasteiger partial charge < -0.3 is 11.1 Å². The van der Waals surface area contributed by atoms with Gasteiger partial charge in [-0.1, -0.05) is 0 Å². The first kappa shape index (κ1) is 16.4. The van der Waals surface area contributed by atoms with Crippen LogP contribution >= 0.6 is 0 Å². The van der Waals surface area contributed by atoms with Gasteiger partial charge in [-0.15, -0.1) is 4.91 Å². The number of nitroso groups, excluding NO2 is 1. The third-order valence-electron chi connectivity index (χ3n) is 4.24. The maximum absolute atomic E-state index is 11.1. The summed E-state index contributed by atoms with van der Waals surface area (Å²) in [6.45, 7) is 0. The summed E-state index contributed by atoms with van der Waals surface area (Å²) in [5.74, 6) is 0. The van der Waals surface area contributed by atoms with Crippen molar-refractivity contribution in [3.8, 4) is 0 Å². The minimum Gasteiger partial charge on any atom is -0.399 e. The first-order valence-electron chi connectivity index (χ1n) is 8.03. The van der Waals surface area contributed by atoms with Gasteiger partial charge in [-0.05, 0) is 53.7 Å². The van der Waals surface area contributed by atoms with Crippen molar-refractivity contribution in [2.45, 2.75) is 0 Å². The molecule has 1 aromatic heterocycles. The molecule has 4 rings (SSSR count). The molecule has 0 saturated heterocycles. The van der Waals surface area contributed by atoms with E-state index in [1.165, 1.54) is 12.1 Å². The monoisotopic (exact) mass is 359 g/mol. The minimum absolute atomic E-state index is 0.0579. The summed E-state index contributed by atoms with van der Waals surface area (Å²) in [5.41, 5.74) is 9.04. The molecule has 0 atom stereocenters. The lowest BCUT2D eigenvalue weighted by atomic mass is 10.1. The maximum Gasteiger partial charge on any atom is 0.271 e. The van der Waals surface area contributed by atoms with Crippen molar-refractivity contribution in [3.05, 3.63) is 75.7 Å². The number of nitro groups is 1. The second-order valence-electron chi connectivity index (χ2n) is 5.99. The Labute approximate surface area is 152 Å². The number of non-ortho nitro benzene ring substituents is 1. The molecule has 0 fully saturated rings. The summed E-state index contributed by atoms with van der Waals surface area (Å²) >= 11 is 0. The van der Waals surface area contributed by atoms with Gasteiger partial charge in [-0.2, -0.15) is 0 Å². The number of nitrogen functional groups attached to an aromatic ring is 1. The zero-order chi connectivity index (χ0) is 19.0. The molecule has 0 unspecified atom stereocenters. The van der Waals surface area contributed by atoms with Crippen LogP contribution in [0.5, 0.6) is 0 Å². The first-order valence-corrected chi connectivity index (χ1v) is 8.03. The number of hydrogen-bond donors (Lipinski definition) is 2. The van der Waals surface area contributed by atoms with E-state index >= 15 is 0 Å². The number of pyridine rings is 1. The van der Waals surface area contributed by atoms with Crippen molar-refractivity contribution < 1.29 is 4.92 Å². The fraction of sp³-hybridized carbons (Fsp3) is 0. The molecule has 1 heterocycles. The number of rotatable bonds is 4. The summed E-state index contributed by atoms with van der Waals surface area (Å²) < 4.78 is 0. The number of nitrogens with one attached hydrogen (secondary N) is 1. The Bertz CT molecular complexity index is 1210. The molecule has 132 valence electrons. The summed E-state index contributed by atoms with van der Waals surface area (Å²) in [4.78, 5) is 26.0. The van der Waals surface area contributed by atoms with E-state index in [1.54, 1.807) is 36.4 Å². The third-order valence-corrected chi connectivity index (χ3v) is 4.24. The average Bonchev–Trinajstić information content (AvgIpc) is 2.68. The van der Waals surface area contributed by atoms with Crippen LogP contribution in [0.3, 0.4) is 0 Å². The largest absolute Gasteiger partial charge is 0.399 e. The molecule has 8 nitrogen and oxygen atoms in total. The van der Waals surface area contributed by atoms with Crippen LogP contribution in [0.4, 0.5) is 28.4 Å². The molecule has 0 aliphatic heterocycles. The van der Waals surface area contributed by atoms with Gasteiger partial charge in [0.1, 0.15) is 5.69 Å². The Hall–Kier alpha value is -4.07. The molecule has 0 bridgehead atoms. The average molecular weight is 359 g/mol. The normalized spacial score (nSPS) is 10.8. The minimum atomic E-state index is -0.470. The fourth-order valence-electron chi connectivity index (χ4n) is 2.94. The van der Waals surface area contributed by atoms with Gasteiger partial charge in [0.05, 0.1) is 21.6 Å². The van der Waals surface area contributed by atoms with Crippen LogP contribution in [0, 0.1) is 15.0 Å². The SMILES string of the molecule is Nc1ccc(Nc2c3ccc(N=O)cc3nc3cc([N+](=O)[O-])ccc23)cc1. The smallest absolute Gasteiger partial charge is 0.271 e. The zero-order valence-electron chi connectivity index (χ0n) is 13.9. The Kier molecular flexibility index (Phi) is 3.85. The molecule has 4 aromatic rings. The molecule has 0 aliphatic carbocycles. The fourth-order valence-corrected chi connectivity index (χ4v) is 2.94.